The maximum atomic E-state index is 4.18. The van der Waals surface area contributed by atoms with Gasteiger partial charge in [-0.3, -0.25) is 4.99 Å². The minimum atomic E-state index is 1.01. The Bertz CT molecular complexity index is 274. The van der Waals surface area contributed by atoms with Crippen molar-refractivity contribution in [3.05, 3.63) is 42.5 Å². The van der Waals surface area contributed by atoms with Crippen LogP contribution in [0.3, 0.4) is 0 Å². The third kappa shape index (κ3) is 2.04. The first-order valence-electron chi connectivity index (χ1n) is 3.55. The van der Waals surface area contributed by atoms with E-state index in [-0.39, 0.29) is 0 Å². The molecule has 0 spiro atoms. The second kappa shape index (κ2) is 3.71. The zero-order chi connectivity index (χ0) is 8.10. The Hall–Kier alpha value is -1.37. The number of nitrogens with zero attached hydrogens (tertiary/aromatic N) is 1. The van der Waals surface area contributed by atoms with Gasteiger partial charge in [0, 0.05) is 6.21 Å². The number of benzene rings is 1. The van der Waals surface area contributed by atoms with Crippen molar-refractivity contribution in [3.8, 4) is 0 Å². The molecule has 1 rings (SSSR count). The maximum absolute atomic E-state index is 4.18. The van der Waals surface area contributed by atoms with E-state index >= 15 is 0 Å². The summed E-state index contributed by atoms with van der Waals surface area (Å²) in [5.41, 5.74) is 2.19. The van der Waals surface area contributed by atoms with Crippen molar-refractivity contribution in [2.45, 2.75) is 6.92 Å². The van der Waals surface area contributed by atoms with Crippen molar-refractivity contribution < 1.29 is 0 Å². The second-order valence-corrected chi connectivity index (χ2v) is 2.30. The van der Waals surface area contributed by atoms with Crippen molar-refractivity contribution in [2.75, 3.05) is 0 Å². The topological polar surface area (TPSA) is 12.4 Å². The standard InChI is InChI=1S/C10H11N/c1-3-8-11-10-7-5-4-6-9(10)2/h3-8H,1H2,2H3/b11-8-. The van der Waals surface area contributed by atoms with E-state index < -0.39 is 0 Å². The Labute approximate surface area is 67.1 Å². The predicted octanol–water partition coefficient (Wildman–Crippen LogP) is 2.88. The van der Waals surface area contributed by atoms with E-state index in [4.69, 9.17) is 0 Å². The lowest BCUT2D eigenvalue weighted by Gasteiger charge is -1.95. The molecule has 0 bridgehead atoms. The van der Waals surface area contributed by atoms with Gasteiger partial charge in [0.2, 0.25) is 0 Å². The highest BCUT2D eigenvalue weighted by atomic mass is 14.7. The fourth-order valence-corrected chi connectivity index (χ4v) is 0.841. The lowest BCUT2D eigenvalue weighted by molar-refractivity contribution is 1.41. The summed E-state index contributed by atoms with van der Waals surface area (Å²) in [5.74, 6) is 0. The third-order valence-electron chi connectivity index (χ3n) is 1.43. The summed E-state index contributed by atoms with van der Waals surface area (Å²) in [6, 6.07) is 8.00. The van der Waals surface area contributed by atoms with Crippen LogP contribution >= 0.6 is 0 Å². The van der Waals surface area contributed by atoms with Crippen LogP contribution in [0.25, 0.3) is 0 Å². The molecule has 0 unspecified atom stereocenters. The van der Waals surface area contributed by atoms with Crippen LogP contribution in [0.15, 0.2) is 41.9 Å². The Morgan fingerprint density at radius 3 is 2.73 bits per heavy atom. The summed E-state index contributed by atoms with van der Waals surface area (Å²) < 4.78 is 0. The molecule has 1 nitrogen and oxygen atoms in total. The van der Waals surface area contributed by atoms with Crippen LogP contribution in [-0.4, -0.2) is 6.21 Å². The highest BCUT2D eigenvalue weighted by molar-refractivity contribution is 5.74. The molecule has 0 aliphatic heterocycles. The first-order valence-corrected chi connectivity index (χ1v) is 3.55. The maximum Gasteiger partial charge on any atom is 0.0658 e. The van der Waals surface area contributed by atoms with Gasteiger partial charge in [0.15, 0.2) is 0 Å². The van der Waals surface area contributed by atoms with E-state index in [0.29, 0.717) is 0 Å². The highest BCUT2D eigenvalue weighted by Crippen LogP contribution is 2.15. The molecule has 0 aliphatic carbocycles. The molecule has 11 heavy (non-hydrogen) atoms. The summed E-state index contributed by atoms with van der Waals surface area (Å²) in [6.07, 6.45) is 3.37. The zero-order valence-electron chi connectivity index (χ0n) is 6.62. The lowest BCUT2D eigenvalue weighted by Crippen LogP contribution is -1.72. The van der Waals surface area contributed by atoms with Crippen molar-refractivity contribution in [1.82, 2.24) is 0 Å². The lowest BCUT2D eigenvalue weighted by atomic mass is 10.2. The molecule has 0 atom stereocenters. The van der Waals surface area contributed by atoms with Gasteiger partial charge in [0.05, 0.1) is 5.69 Å². The van der Waals surface area contributed by atoms with Crippen LogP contribution in [0, 0.1) is 6.92 Å². The van der Waals surface area contributed by atoms with Gasteiger partial charge in [-0.1, -0.05) is 30.9 Å². The van der Waals surface area contributed by atoms with Gasteiger partial charge in [-0.25, -0.2) is 0 Å². The molecule has 56 valence electrons. The normalized spacial score (nSPS) is 10.3. The molecule has 1 aromatic carbocycles. The van der Waals surface area contributed by atoms with Gasteiger partial charge >= 0.3 is 0 Å². The Morgan fingerprint density at radius 2 is 2.09 bits per heavy atom. The Balaban J connectivity index is 2.94. The molecule has 0 saturated heterocycles. The van der Waals surface area contributed by atoms with Gasteiger partial charge in [-0.15, -0.1) is 0 Å². The summed E-state index contributed by atoms with van der Waals surface area (Å²) in [7, 11) is 0. The van der Waals surface area contributed by atoms with Gasteiger partial charge in [0.25, 0.3) is 0 Å². The molecule has 0 saturated carbocycles. The van der Waals surface area contributed by atoms with Crippen LogP contribution < -0.4 is 0 Å². The third-order valence-corrected chi connectivity index (χ3v) is 1.43. The summed E-state index contributed by atoms with van der Waals surface area (Å²) >= 11 is 0. The minimum Gasteiger partial charge on any atom is -0.257 e. The number of aryl methyl sites for hydroxylation is 1. The average Bonchev–Trinajstić information content (AvgIpc) is 2.03. The second-order valence-electron chi connectivity index (χ2n) is 2.30. The quantitative estimate of drug-likeness (QED) is 0.567. The molecule has 0 amide bonds. The SMILES string of the molecule is C=C/C=N\c1ccccc1C. The molecule has 0 aliphatic rings. The van der Waals surface area contributed by atoms with Crippen molar-refractivity contribution in [3.63, 3.8) is 0 Å². The van der Waals surface area contributed by atoms with Crippen LogP contribution in [-0.2, 0) is 0 Å². The van der Waals surface area contributed by atoms with Gasteiger partial charge in [-0.05, 0) is 18.6 Å². The van der Waals surface area contributed by atoms with Crippen LogP contribution in [0.1, 0.15) is 5.56 Å². The van der Waals surface area contributed by atoms with Gasteiger partial charge in [-0.2, -0.15) is 0 Å². The van der Waals surface area contributed by atoms with E-state index in [2.05, 4.69) is 11.6 Å². The first-order chi connectivity index (χ1) is 5.34. The molecular weight excluding hydrogens is 134 g/mol. The van der Waals surface area contributed by atoms with Crippen LogP contribution in [0.5, 0.6) is 0 Å². The molecule has 0 fully saturated rings. The van der Waals surface area contributed by atoms with E-state index in [0.717, 1.165) is 5.69 Å². The molecule has 1 aromatic rings. The molecular formula is C10H11N. The Kier molecular flexibility index (Phi) is 2.61. The smallest absolute Gasteiger partial charge is 0.0658 e. The molecule has 0 heterocycles. The van der Waals surface area contributed by atoms with E-state index in [1.54, 1.807) is 12.3 Å². The highest BCUT2D eigenvalue weighted by Gasteiger charge is 1.89. The number of aliphatic imine (C=N–C) groups is 1. The van der Waals surface area contributed by atoms with Crippen LogP contribution in [0.2, 0.25) is 0 Å². The summed E-state index contributed by atoms with van der Waals surface area (Å²) in [6.45, 7) is 5.59. The summed E-state index contributed by atoms with van der Waals surface area (Å²) in [4.78, 5) is 4.18. The molecule has 0 aromatic heterocycles. The van der Waals surface area contributed by atoms with Crippen molar-refractivity contribution >= 4 is 11.9 Å². The number of rotatable bonds is 2. The van der Waals surface area contributed by atoms with Crippen molar-refractivity contribution in [1.29, 1.82) is 0 Å². The van der Waals surface area contributed by atoms with Crippen LogP contribution in [0.4, 0.5) is 5.69 Å². The zero-order valence-corrected chi connectivity index (χ0v) is 6.62. The molecule has 1 heteroatoms. The molecule has 0 radical (unpaired) electrons. The predicted molar refractivity (Wildman–Crippen MR) is 49.5 cm³/mol. The largest absolute Gasteiger partial charge is 0.257 e. The Morgan fingerprint density at radius 1 is 1.36 bits per heavy atom. The van der Waals surface area contributed by atoms with Gasteiger partial charge < -0.3 is 0 Å². The van der Waals surface area contributed by atoms with Crippen molar-refractivity contribution in [2.24, 2.45) is 4.99 Å². The first kappa shape index (κ1) is 7.73. The molecule has 0 N–H and O–H groups in total. The van der Waals surface area contributed by atoms with E-state index in [9.17, 15) is 0 Å². The number of hydrogen-bond acceptors (Lipinski definition) is 1. The van der Waals surface area contributed by atoms with Gasteiger partial charge in [0.1, 0.15) is 0 Å². The number of para-hydroxylation sites is 1. The monoisotopic (exact) mass is 145 g/mol. The minimum absolute atomic E-state index is 1.01. The number of hydrogen-bond donors (Lipinski definition) is 0. The fourth-order valence-electron chi connectivity index (χ4n) is 0.841. The number of allylic oxidation sites excluding steroid dienone is 1. The average molecular weight is 145 g/mol. The van der Waals surface area contributed by atoms with E-state index in [1.807, 2.05) is 31.2 Å². The van der Waals surface area contributed by atoms with E-state index in [1.165, 1.54) is 5.56 Å². The summed E-state index contributed by atoms with van der Waals surface area (Å²) in [5, 5.41) is 0. The fraction of sp³-hybridized carbons (Fsp3) is 0.100.